The molecule has 21 heavy (non-hydrogen) atoms. The zero-order valence-electron chi connectivity index (χ0n) is 10.5. The first kappa shape index (κ1) is 15.1. The van der Waals surface area contributed by atoms with Crippen LogP contribution in [0.2, 0.25) is 0 Å². The fourth-order valence-corrected chi connectivity index (χ4v) is 2.32. The molecule has 0 unspecified atom stereocenters. The molecule has 0 saturated carbocycles. The Morgan fingerprint density at radius 2 is 1.57 bits per heavy atom. The molecule has 3 N–H and O–H groups in total. The third-order valence-electron chi connectivity index (χ3n) is 2.60. The van der Waals surface area contributed by atoms with Gasteiger partial charge in [-0.25, -0.2) is 22.3 Å². The Balaban J connectivity index is 2.37. The minimum Gasteiger partial charge on any atom is -0.321 e. The molecular formula is C13H10F2N2O3S. The molecule has 0 aliphatic rings. The molecule has 0 aromatic heterocycles. The van der Waals surface area contributed by atoms with Crippen LogP contribution < -0.4 is 10.5 Å². The van der Waals surface area contributed by atoms with Crippen molar-refractivity contribution in [2.24, 2.45) is 5.14 Å². The van der Waals surface area contributed by atoms with E-state index in [0.717, 1.165) is 30.3 Å². The lowest BCUT2D eigenvalue weighted by molar-refractivity contribution is 0.102. The summed E-state index contributed by atoms with van der Waals surface area (Å²) in [6.07, 6.45) is 0. The lowest BCUT2D eigenvalue weighted by Crippen LogP contribution is -2.18. The third kappa shape index (κ3) is 3.61. The quantitative estimate of drug-likeness (QED) is 0.906. The number of carbonyl (C=O) groups excluding carboxylic acids is 1. The van der Waals surface area contributed by atoms with Crippen LogP contribution in [0.15, 0.2) is 47.4 Å². The number of primary sulfonamides is 1. The molecule has 0 aliphatic carbocycles. The van der Waals surface area contributed by atoms with Crippen molar-refractivity contribution in [1.82, 2.24) is 0 Å². The number of sulfonamides is 1. The highest BCUT2D eigenvalue weighted by Gasteiger charge is 2.17. The van der Waals surface area contributed by atoms with Gasteiger partial charge in [-0.1, -0.05) is 0 Å². The lowest BCUT2D eigenvalue weighted by atomic mass is 10.2. The van der Waals surface area contributed by atoms with E-state index < -0.39 is 32.5 Å². The fraction of sp³-hybridized carbons (Fsp3) is 0. The van der Waals surface area contributed by atoms with Crippen LogP contribution in [-0.2, 0) is 10.0 Å². The lowest BCUT2D eigenvalue weighted by Gasteiger charge is -2.10. The normalized spacial score (nSPS) is 11.2. The van der Waals surface area contributed by atoms with Crippen LogP contribution in [0, 0.1) is 11.6 Å². The number of halogens is 2. The van der Waals surface area contributed by atoms with E-state index in [9.17, 15) is 22.0 Å². The summed E-state index contributed by atoms with van der Waals surface area (Å²) in [6, 6.07) is 7.25. The van der Waals surface area contributed by atoms with Crippen molar-refractivity contribution >= 4 is 21.6 Å². The van der Waals surface area contributed by atoms with E-state index in [1.807, 2.05) is 0 Å². The first-order chi connectivity index (χ1) is 9.77. The number of benzene rings is 2. The maximum atomic E-state index is 13.2. The van der Waals surface area contributed by atoms with Gasteiger partial charge in [0.1, 0.15) is 16.5 Å². The number of carbonyl (C=O) groups is 1. The van der Waals surface area contributed by atoms with Gasteiger partial charge in [0.05, 0.1) is 5.69 Å². The zero-order valence-corrected chi connectivity index (χ0v) is 11.3. The molecule has 110 valence electrons. The van der Waals surface area contributed by atoms with Crippen molar-refractivity contribution in [3.8, 4) is 0 Å². The van der Waals surface area contributed by atoms with Crippen LogP contribution in [0.1, 0.15) is 10.4 Å². The van der Waals surface area contributed by atoms with Gasteiger partial charge < -0.3 is 5.32 Å². The third-order valence-corrected chi connectivity index (χ3v) is 3.57. The number of rotatable bonds is 3. The van der Waals surface area contributed by atoms with Crippen LogP contribution in [0.3, 0.4) is 0 Å². The molecule has 2 aromatic carbocycles. The van der Waals surface area contributed by atoms with E-state index >= 15 is 0 Å². The minimum atomic E-state index is -4.13. The van der Waals surface area contributed by atoms with Crippen LogP contribution in [0.5, 0.6) is 0 Å². The molecule has 0 spiro atoms. The smallest absolute Gasteiger partial charge is 0.255 e. The minimum absolute atomic E-state index is 0.0843. The molecule has 2 rings (SSSR count). The standard InChI is InChI=1S/C13H10F2N2O3S/c14-9-3-1-8(2-4-9)13(18)17-11-7-10(15)5-6-12(11)21(16,19)20/h1-7H,(H,17,18)(H2,16,19,20). The average molecular weight is 312 g/mol. The van der Waals surface area contributed by atoms with Crippen molar-refractivity contribution in [3.05, 3.63) is 59.7 Å². The summed E-state index contributed by atoms with van der Waals surface area (Å²) in [6.45, 7) is 0. The van der Waals surface area contributed by atoms with Crippen molar-refractivity contribution in [2.75, 3.05) is 5.32 Å². The zero-order chi connectivity index (χ0) is 15.6. The molecule has 0 aliphatic heterocycles. The van der Waals surface area contributed by atoms with Gasteiger partial charge in [-0.2, -0.15) is 0 Å². The first-order valence-electron chi connectivity index (χ1n) is 5.66. The molecule has 0 heterocycles. The maximum Gasteiger partial charge on any atom is 0.255 e. The molecule has 2 aromatic rings. The Labute approximate surface area is 119 Å². The van der Waals surface area contributed by atoms with Crippen molar-refractivity contribution in [2.45, 2.75) is 4.90 Å². The number of nitrogens with two attached hydrogens (primary N) is 1. The average Bonchev–Trinajstić information content (AvgIpc) is 2.38. The van der Waals surface area contributed by atoms with Crippen molar-refractivity contribution in [3.63, 3.8) is 0 Å². The van der Waals surface area contributed by atoms with E-state index in [2.05, 4.69) is 5.32 Å². The molecule has 5 nitrogen and oxygen atoms in total. The number of nitrogens with one attached hydrogen (secondary N) is 1. The fourth-order valence-electron chi connectivity index (χ4n) is 1.64. The highest BCUT2D eigenvalue weighted by Crippen LogP contribution is 2.22. The van der Waals surface area contributed by atoms with Crippen LogP contribution >= 0.6 is 0 Å². The predicted octanol–water partition coefficient (Wildman–Crippen LogP) is 1.86. The number of hydrogen-bond acceptors (Lipinski definition) is 3. The van der Waals surface area contributed by atoms with Crippen LogP contribution in [0.25, 0.3) is 0 Å². The number of amides is 1. The van der Waals surface area contributed by atoms with Gasteiger partial charge in [-0.15, -0.1) is 0 Å². The highest BCUT2D eigenvalue weighted by molar-refractivity contribution is 7.89. The highest BCUT2D eigenvalue weighted by atomic mass is 32.2. The number of hydrogen-bond donors (Lipinski definition) is 2. The Morgan fingerprint density at radius 1 is 1.00 bits per heavy atom. The van der Waals surface area contributed by atoms with Gasteiger partial charge in [0.15, 0.2) is 0 Å². The van der Waals surface area contributed by atoms with Crippen molar-refractivity contribution in [1.29, 1.82) is 0 Å². The summed E-state index contributed by atoms with van der Waals surface area (Å²) in [5.41, 5.74) is -0.201. The van der Waals surface area contributed by atoms with E-state index in [1.165, 1.54) is 12.1 Å². The topological polar surface area (TPSA) is 89.3 Å². The molecular weight excluding hydrogens is 302 g/mol. The summed E-state index contributed by atoms with van der Waals surface area (Å²) in [5.74, 6) is -1.98. The second-order valence-corrected chi connectivity index (χ2v) is 5.68. The van der Waals surface area contributed by atoms with Gasteiger partial charge in [-0.05, 0) is 42.5 Å². The Bertz CT molecular complexity index is 790. The second kappa shape index (κ2) is 5.58. The van der Waals surface area contributed by atoms with Gasteiger partial charge in [0, 0.05) is 5.56 Å². The molecule has 0 atom stereocenters. The molecule has 1 amide bonds. The van der Waals surface area contributed by atoms with E-state index in [1.54, 1.807) is 0 Å². The molecule has 0 fully saturated rings. The molecule has 0 radical (unpaired) electrons. The van der Waals surface area contributed by atoms with Gasteiger partial charge in [0.2, 0.25) is 10.0 Å². The first-order valence-corrected chi connectivity index (χ1v) is 7.21. The summed E-state index contributed by atoms with van der Waals surface area (Å²) < 4.78 is 48.7. The maximum absolute atomic E-state index is 13.2. The van der Waals surface area contributed by atoms with Gasteiger partial charge in [0.25, 0.3) is 5.91 Å². The molecule has 0 bridgehead atoms. The van der Waals surface area contributed by atoms with E-state index in [4.69, 9.17) is 5.14 Å². The monoisotopic (exact) mass is 312 g/mol. The number of anilines is 1. The Morgan fingerprint density at radius 3 is 2.14 bits per heavy atom. The predicted molar refractivity (Wildman–Crippen MR) is 72.1 cm³/mol. The van der Waals surface area contributed by atoms with E-state index in [0.29, 0.717) is 0 Å². The molecule has 8 heteroatoms. The summed E-state index contributed by atoms with van der Waals surface area (Å²) in [5, 5.41) is 7.22. The second-order valence-electron chi connectivity index (χ2n) is 4.15. The largest absolute Gasteiger partial charge is 0.321 e. The SMILES string of the molecule is NS(=O)(=O)c1ccc(F)cc1NC(=O)c1ccc(F)cc1. The van der Waals surface area contributed by atoms with Gasteiger partial charge >= 0.3 is 0 Å². The van der Waals surface area contributed by atoms with Crippen molar-refractivity contribution < 1.29 is 22.0 Å². The summed E-state index contributed by atoms with van der Waals surface area (Å²) in [4.78, 5) is 11.5. The Kier molecular flexibility index (Phi) is 4.01. The molecule has 0 saturated heterocycles. The van der Waals surface area contributed by atoms with Crippen LogP contribution in [-0.4, -0.2) is 14.3 Å². The summed E-state index contributed by atoms with van der Waals surface area (Å²) >= 11 is 0. The Hall–Kier alpha value is -2.32. The van der Waals surface area contributed by atoms with Gasteiger partial charge in [-0.3, -0.25) is 4.79 Å². The summed E-state index contributed by atoms with van der Waals surface area (Å²) in [7, 11) is -4.13. The van der Waals surface area contributed by atoms with E-state index in [-0.39, 0.29) is 11.3 Å². The van der Waals surface area contributed by atoms with Crippen LogP contribution in [0.4, 0.5) is 14.5 Å².